The maximum absolute atomic E-state index is 8.86. The monoisotopic (exact) mass is 415 g/mol. The first-order chi connectivity index (χ1) is 13.6. The largest absolute Gasteiger partial charge is 0.377 e. The molecule has 0 bridgehead atoms. The molecule has 1 atom stereocenters. The zero-order valence-corrected chi connectivity index (χ0v) is 18.6. The SMILES string of the molecule is CC(C)C#CCNOCCOCCOCCOC(CCCNC(C)C)SC#N. The van der Waals surface area contributed by atoms with E-state index in [1.54, 1.807) is 0 Å². The Morgan fingerprint density at radius 2 is 1.64 bits per heavy atom. The van der Waals surface area contributed by atoms with Crippen LogP contribution in [-0.4, -0.2) is 64.2 Å². The molecule has 0 radical (unpaired) electrons. The van der Waals surface area contributed by atoms with E-state index in [1.165, 1.54) is 11.8 Å². The lowest BCUT2D eigenvalue weighted by Gasteiger charge is -2.15. The van der Waals surface area contributed by atoms with Crippen molar-refractivity contribution in [2.24, 2.45) is 5.92 Å². The van der Waals surface area contributed by atoms with Gasteiger partial charge in [-0.3, -0.25) is 4.84 Å². The van der Waals surface area contributed by atoms with E-state index in [0.717, 1.165) is 19.4 Å². The van der Waals surface area contributed by atoms with Gasteiger partial charge < -0.3 is 19.5 Å². The molecule has 0 heterocycles. The van der Waals surface area contributed by atoms with Gasteiger partial charge in [0.05, 0.1) is 46.2 Å². The second kappa shape index (κ2) is 20.9. The summed E-state index contributed by atoms with van der Waals surface area (Å²) in [5.74, 6) is 6.38. The van der Waals surface area contributed by atoms with E-state index in [0.29, 0.717) is 58.1 Å². The number of hydroxylamine groups is 1. The van der Waals surface area contributed by atoms with Gasteiger partial charge in [0.15, 0.2) is 0 Å². The Balaban J connectivity index is 3.42. The maximum Gasteiger partial charge on any atom is 0.136 e. The number of hydrogen-bond donors (Lipinski definition) is 2. The first-order valence-corrected chi connectivity index (χ1v) is 10.8. The van der Waals surface area contributed by atoms with E-state index < -0.39 is 0 Å². The summed E-state index contributed by atoms with van der Waals surface area (Å²) in [4.78, 5) is 5.19. The van der Waals surface area contributed by atoms with Crippen molar-refractivity contribution in [1.82, 2.24) is 10.8 Å². The summed E-state index contributed by atoms with van der Waals surface area (Å²) in [6, 6.07) is 0.477. The third kappa shape index (κ3) is 21.5. The molecule has 0 aliphatic carbocycles. The van der Waals surface area contributed by atoms with E-state index in [-0.39, 0.29) is 5.44 Å². The number of thioether (sulfide) groups is 1. The van der Waals surface area contributed by atoms with Gasteiger partial charge in [-0.1, -0.05) is 39.5 Å². The molecule has 7 nitrogen and oxygen atoms in total. The molecule has 162 valence electrons. The molecule has 0 aromatic heterocycles. The molecule has 0 aromatic carbocycles. The minimum Gasteiger partial charge on any atom is -0.377 e. The van der Waals surface area contributed by atoms with Crippen molar-refractivity contribution in [3.63, 3.8) is 0 Å². The van der Waals surface area contributed by atoms with Crippen molar-refractivity contribution in [3.8, 4) is 17.2 Å². The lowest BCUT2D eigenvalue weighted by Crippen LogP contribution is -2.24. The van der Waals surface area contributed by atoms with E-state index >= 15 is 0 Å². The van der Waals surface area contributed by atoms with E-state index in [9.17, 15) is 0 Å². The van der Waals surface area contributed by atoms with Gasteiger partial charge in [0, 0.05) is 12.0 Å². The summed E-state index contributed by atoms with van der Waals surface area (Å²) in [7, 11) is 0. The summed E-state index contributed by atoms with van der Waals surface area (Å²) in [5, 5.41) is 14.3. The van der Waals surface area contributed by atoms with Gasteiger partial charge in [-0.15, -0.1) is 0 Å². The van der Waals surface area contributed by atoms with Crippen LogP contribution in [0.5, 0.6) is 0 Å². The van der Waals surface area contributed by atoms with Gasteiger partial charge in [0.1, 0.15) is 10.8 Å². The van der Waals surface area contributed by atoms with Crippen LogP contribution in [0.2, 0.25) is 0 Å². The lowest BCUT2D eigenvalue weighted by atomic mass is 10.2. The molecule has 0 aliphatic rings. The second-order valence-corrected chi connectivity index (χ2v) is 7.57. The number of nitrogens with zero attached hydrogens (tertiary/aromatic N) is 1. The molecule has 0 saturated carbocycles. The minimum atomic E-state index is -0.103. The van der Waals surface area contributed by atoms with Crippen LogP contribution in [0.15, 0.2) is 0 Å². The molecule has 0 saturated heterocycles. The number of hydrogen-bond acceptors (Lipinski definition) is 8. The van der Waals surface area contributed by atoms with Gasteiger partial charge in [0.2, 0.25) is 0 Å². The molecule has 0 spiro atoms. The molecule has 0 aliphatic heterocycles. The minimum absolute atomic E-state index is 0.103. The Morgan fingerprint density at radius 1 is 0.964 bits per heavy atom. The molecule has 1 unspecified atom stereocenters. The average molecular weight is 416 g/mol. The Labute approximate surface area is 175 Å². The van der Waals surface area contributed by atoms with E-state index in [1.807, 2.05) is 13.8 Å². The highest BCUT2D eigenvalue weighted by atomic mass is 32.2. The van der Waals surface area contributed by atoms with Crippen LogP contribution in [-0.2, 0) is 19.0 Å². The van der Waals surface area contributed by atoms with Crippen LogP contribution in [0.1, 0.15) is 40.5 Å². The smallest absolute Gasteiger partial charge is 0.136 e. The molecule has 0 amide bonds. The van der Waals surface area contributed by atoms with Gasteiger partial charge in [0.25, 0.3) is 0 Å². The number of thiocyanates is 1. The average Bonchev–Trinajstić information content (AvgIpc) is 2.64. The third-order valence-corrected chi connectivity index (χ3v) is 3.98. The number of rotatable bonds is 18. The Bertz CT molecular complexity index is 447. The number of ether oxygens (including phenoxy) is 3. The Hall–Kier alpha value is -0.840. The van der Waals surface area contributed by atoms with Crippen LogP contribution in [0, 0.1) is 28.4 Å². The standard InChI is InChI=1S/C20H37N3O4S/c1-18(2)7-5-10-23-27-16-14-25-12-11-24-13-15-26-20(28-17-21)8-6-9-22-19(3)4/h18-20,22-23H,6,8-16H2,1-4H3. The fourth-order valence-electron chi connectivity index (χ4n) is 1.97. The summed E-state index contributed by atoms with van der Waals surface area (Å²) in [6.45, 7) is 12.7. The van der Waals surface area contributed by atoms with Gasteiger partial charge in [-0.05, 0) is 31.1 Å². The fourth-order valence-corrected chi connectivity index (χ4v) is 2.54. The number of nitrogens with one attached hydrogen (secondary N) is 2. The predicted molar refractivity (Wildman–Crippen MR) is 114 cm³/mol. The molecule has 2 N–H and O–H groups in total. The van der Waals surface area contributed by atoms with Crippen molar-refractivity contribution >= 4 is 11.8 Å². The summed E-state index contributed by atoms with van der Waals surface area (Å²) in [6.07, 6.45) is 1.82. The maximum atomic E-state index is 8.86. The molecular formula is C20H37N3O4S. The number of nitriles is 1. The van der Waals surface area contributed by atoms with E-state index in [4.69, 9.17) is 24.3 Å². The topological polar surface area (TPSA) is 84.8 Å². The van der Waals surface area contributed by atoms with Crippen molar-refractivity contribution in [1.29, 1.82) is 5.26 Å². The van der Waals surface area contributed by atoms with Crippen LogP contribution in [0.3, 0.4) is 0 Å². The molecule has 0 fully saturated rings. The van der Waals surface area contributed by atoms with Gasteiger partial charge in [-0.25, -0.2) is 0 Å². The zero-order valence-electron chi connectivity index (χ0n) is 17.8. The van der Waals surface area contributed by atoms with Crippen molar-refractivity contribution < 1.29 is 19.0 Å². The Morgan fingerprint density at radius 3 is 2.29 bits per heavy atom. The zero-order chi connectivity index (χ0) is 20.9. The highest BCUT2D eigenvalue weighted by Gasteiger charge is 2.09. The first kappa shape index (κ1) is 27.2. The summed E-state index contributed by atoms with van der Waals surface area (Å²) in [5.41, 5.74) is 2.67. The molecular weight excluding hydrogens is 378 g/mol. The highest BCUT2D eigenvalue weighted by molar-refractivity contribution is 8.04. The third-order valence-electron chi connectivity index (χ3n) is 3.24. The van der Waals surface area contributed by atoms with Crippen LogP contribution >= 0.6 is 11.8 Å². The quantitative estimate of drug-likeness (QED) is 0.116. The Kier molecular flexibility index (Phi) is 20.3. The molecule has 28 heavy (non-hydrogen) atoms. The second-order valence-electron chi connectivity index (χ2n) is 6.63. The van der Waals surface area contributed by atoms with Crippen molar-refractivity contribution in [2.45, 2.75) is 52.0 Å². The first-order valence-electron chi connectivity index (χ1n) is 9.94. The van der Waals surface area contributed by atoms with Crippen LogP contribution in [0.4, 0.5) is 0 Å². The van der Waals surface area contributed by atoms with E-state index in [2.05, 4.69) is 41.9 Å². The molecule has 0 rings (SSSR count). The van der Waals surface area contributed by atoms with Crippen molar-refractivity contribution in [3.05, 3.63) is 0 Å². The van der Waals surface area contributed by atoms with Gasteiger partial charge >= 0.3 is 0 Å². The highest BCUT2D eigenvalue weighted by Crippen LogP contribution is 2.16. The predicted octanol–water partition coefficient (Wildman–Crippen LogP) is 2.54. The molecule has 8 heteroatoms. The van der Waals surface area contributed by atoms with Crippen LogP contribution < -0.4 is 10.8 Å². The lowest BCUT2D eigenvalue weighted by molar-refractivity contribution is -0.0231. The molecule has 0 aromatic rings. The fraction of sp³-hybridized carbons (Fsp3) is 0.850. The van der Waals surface area contributed by atoms with Crippen LogP contribution in [0.25, 0.3) is 0 Å². The summed E-state index contributed by atoms with van der Waals surface area (Å²) >= 11 is 1.17. The van der Waals surface area contributed by atoms with Crippen molar-refractivity contribution in [2.75, 3.05) is 52.7 Å². The normalized spacial score (nSPS) is 12.0. The summed E-state index contributed by atoms with van der Waals surface area (Å²) < 4.78 is 16.6. The van der Waals surface area contributed by atoms with Gasteiger partial charge in [-0.2, -0.15) is 10.7 Å².